The second kappa shape index (κ2) is 3.76. The van der Waals surface area contributed by atoms with E-state index in [1.54, 1.807) is 12.1 Å². The van der Waals surface area contributed by atoms with Crippen molar-refractivity contribution in [3.63, 3.8) is 0 Å². The Morgan fingerprint density at radius 3 is 2.50 bits per heavy atom. The molecule has 64 valence electrons. The summed E-state index contributed by atoms with van der Waals surface area (Å²) in [6, 6.07) is 7.14. The van der Waals surface area contributed by atoms with Gasteiger partial charge >= 0.3 is 0 Å². The standard InChI is InChI=1S/C9H10O3/c1-7-2-4-8(5-3-7)12-6-9(10)11/h2-5H,6H2,1H3,(H,10,11)/p-1. The molecule has 1 aromatic carbocycles. The zero-order valence-electron chi connectivity index (χ0n) is 6.74. The quantitative estimate of drug-likeness (QED) is 0.639. The number of carbonyl (C=O) groups is 1. The van der Waals surface area contributed by atoms with Gasteiger partial charge in [-0.3, -0.25) is 0 Å². The fourth-order valence-corrected chi connectivity index (χ4v) is 0.777. The lowest BCUT2D eigenvalue weighted by molar-refractivity contribution is -0.307. The minimum Gasteiger partial charge on any atom is -0.546 e. The van der Waals surface area contributed by atoms with Crippen LogP contribution in [0.3, 0.4) is 0 Å². The van der Waals surface area contributed by atoms with E-state index in [9.17, 15) is 9.90 Å². The molecular formula is C9H9O3-. The summed E-state index contributed by atoms with van der Waals surface area (Å²) in [7, 11) is 0. The number of carboxylic acids is 1. The van der Waals surface area contributed by atoms with Gasteiger partial charge in [-0.05, 0) is 19.1 Å². The highest BCUT2D eigenvalue weighted by Crippen LogP contribution is 2.10. The lowest BCUT2D eigenvalue weighted by Gasteiger charge is -2.05. The van der Waals surface area contributed by atoms with E-state index in [2.05, 4.69) is 0 Å². The van der Waals surface area contributed by atoms with Crippen LogP contribution in [0.2, 0.25) is 0 Å². The molecule has 1 aromatic rings. The van der Waals surface area contributed by atoms with Gasteiger partial charge in [-0.25, -0.2) is 0 Å². The van der Waals surface area contributed by atoms with Crippen molar-refractivity contribution >= 4 is 5.97 Å². The molecule has 0 aliphatic heterocycles. The summed E-state index contributed by atoms with van der Waals surface area (Å²) in [4.78, 5) is 10.0. The third-order valence-electron chi connectivity index (χ3n) is 1.38. The van der Waals surface area contributed by atoms with Crippen LogP contribution in [-0.2, 0) is 4.79 Å². The molecule has 0 saturated heterocycles. The van der Waals surface area contributed by atoms with E-state index in [0.29, 0.717) is 5.75 Å². The number of hydrogen-bond acceptors (Lipinski definition) is 3. The first-order valence-electron chi connectivity index (χ1n) is 3.58. The van der Waals surface area contributed by atoms with Gasteiger partial charge in [-0.15, -0.1) is 0 Å². The van der Waals surface area contributed by atoms with Gasteiger partial charge in [0.15, 0.2) is 0 Å². The van der Waals surface area contributed by atoms with Crippen LogP contribution in [0.15, 0.2) is 24.3 Å². The molecule has 1 rings (SSSR count). The third-order valence-corrected chi connectivity index (χ3v) is 1.38. The second-order valence-corrected chi connectivity index (χ2v) is 2.47. The van der Waals surface area contributed by atoms with E-state index >= 15 is 0 Å². The zero-order valence-corrected chi connectivity index (χ0v) is 6.74. The van der Waals surface area contributed by atoms with Gasteiger partial charge in [0.25, 0.3) is 0 Å². The zero-order chi connectivity index (χ0) is 8.97. The number of aryl methyl sites for hydroxylation is 1. The minimum absolute atomic E-state index is 0.400. The first-order chi connectivity index (χ1) is 5.68. The van der Waals surface area contributed by atoms with Gasteiger partial charge in [0.05, 0.1) is 5.97 Å². The Bertz CT molecular complexity index is 264. The molecule has 0 atom stereocenters. The van der Waals surface area contributed by atoms with E-state index < -0.39 is 12.6 Å². The maximum Gasteiger partial charge on any atom is 0.128 e. The van der Waals surface area contributed by atoms with Crippen molar-refractivity contribution in [3.8, 4) is 5.75 Å². The van der Waals surface area contributed by atoms with E-state index in [0.717, 1.165) is 5.56 Å². The SMILES string of the molecule is Cc1ccc(OCC(=O)[O-])cc1. The van der Waals surface area contributed by atoms with Crippen molar-refractivity contribution in [1.82, 2.24) is 0 Å². The number of carbonyl (C=O) groups excluding carboxylic acids is 1. The highest BCUT2D eigenvalue weighted by Gasteiger charge is 1.91. The molecule has 0 saturated carbocycles. The van der Waals surface area contributed by atoms with Gasteiger partial charge in [-0.1, -0.05) is 17.7 Å². The molecule has 0 aromatic heterocycles. The van der Waals surface area contributed by atoms with Crippen LogP contribution >= 0.6 is 0 Å². The van der Waals surface area contributed by atoms with Gasteiger partial charge in [-0.2, -0.15) is 0 Å². The Morgan fingerprint density at radius 2 is 2.00 bits per heavy atom. The Balaban J connectivity index is 2.53. The first kappa shape index (κ1) is 8.59. The van der Waals surface area contributed by atoms with Crippen LogP contribution in [0, 0.1) is 6.92 Å². The van der Waals surface area contributed by atoms with Crippen LogP contribution in [0.1, 0.15) is 5.56 Å². The van der Waals surface area contributed by atoms with Crippen molar-refractivity contribution in [1.29, 1.82) is 0 Å². The van der Waals surface area contributed by atoms with Gasteiger partial charge in [0.1, 0.15) is 12.4 Å². The van der Waals surface area contributed by atoms with Crippen molar-refractivity contribution < 1.29 is 14.6 Å². The molecule has 0 spiro atoms. The van der Waals surface area contributed by atoms with Crippen LogP contribution in [-0.4, -0.2) is 12.6 Å². The average Bonchev–Trinajstić information content (AvgIpc) is 2.03. The van der Waals surface area contributed by atoms with E-state index in [-0.39, 0.29) is 0 Å². The maximum absolute atomic E-state index is 10.0. The van der Waals surface area contributed by atoms with Crippen LogP contribution in [0.5, 0.6) is 5.75 Å². The highest BCUT2D eigenvalue weighted by molar-refractivity contribution is 5.66. The molecule has 0 amide bonds. The molecule has 0 bridgehead atoms. The summed E-state index contributed by atoms with van der Waals surface area (Å²) in [6.07, 6.45) is 0. The van der Waals surface area contributed by atoms with Crippen molar-refractivity contribution in [3.05, 3.63) is 29.8 Å². The molecule has 0 aliphatic carbocycles. The summed E-state index contributed by atoms with van der Waals surface area (Å²) >= 11 is 0. The van der Waals surface area contributed by atoms with Crippen molar-refractivity contribution in [2.24, 2.45) is 0 Å². The molecule has 0 N–H and O–H groups in total. The van der Waals surface area contributed by atoms with E-state index in [1.807, 2.05) is 19.1 Å². The maximum atomic E-state index is 10.0. The van der Waals surface area contributed by atoms with Gasteiger partial charge in [0, 0.05) is 0 Å². The summed E-state index contributed by atoms with van der Waals surface area (Å²) in [6.45, 7) is 1.55. The molecule has 0 aliphatic rings. The normalized spacial score (nSPS) is 9.42. The molecule has 3 nitrogen and oxygen atoms in total. The number of hydrogen-bond donors (Lipinski definition) is 0. The fourth-order valence-electron chi connectivity index (χ4n) is 0.777. The molecule has 0 fully saturated rings. The average molecular weight is 165 g/mol. The number of benzene rings is 1. The topological polar surface area (TPSA) is 49.4 Å². The number of carboxylic acid groups (broad SMARTS) is 1. The smallest absolute Gasteiger partial charge is 0.128 e. The van der Waals surface area contributed by atoms with Gasteiger partial charge < -0.3 is 14.6 Å². The number of aliphatic carboxylic acids is 1. The van der Waals surface area contributed by atoms with Crippen molar-refractivity contribution in [2.75, 3.05) is 6.61 Å². The lowest BCUT2D eigenvalue weighted by atomic mass is 10.2. The number of ether oxygens (including phenoxy) is 1. The minimum atomic E-state index is -1.21. The predicted molar refractivity (Wildman–Crippen MR) is 41.7 cm³/mol. The van der Waals surface area contributed by atoms with E-state index in [1.165, 1.54) is 0 Å². The summed E-state index contributed by atoms with van der Waals surface area (Å²) < 4.78 is 4.86. The summed E-state index contributed by atoms with van der Waals surface area (Å²) in [5.41, 5.74) is 1.11. The Labute approximate surface area is 70.6 Å². The fraction of sp³-hybridized carbons (Fsp3) is 0.222. The largest absolute Gasteiger partial charge is 0.546 e. The lowest BCUT2D eigenvalue weighted by Crippen LogP contribution is -2.28. The highest BCUT2D eigenvalue weighted by atomic mass is 16.5. The first-order valence-corrected chi connectivity index (χ1v) is 3.58. The molecule has 3 heteroatoms. The van der Waals surface area contributed by atoms with Crippen LogP contribution < -0.4 is 9.84 Å². The molecular weight excluding hydrogens is 156 g/mol. The summed E-state index contributed by atoms with van der Waals surface area (Å²) in [5, 5.41) is 10.0. The number of rotatable bonds is 3. The second-order valence-electron chi connectivity index (χ2n) is 2.47. The molecule has 0 heterocycles. The Hall–Kier alpha value is -1.51. The van der Waals surface area contributed by atoms with E-state index in [4.69, 9.17) is 4.74 Å². The van der Waals surface area contributed by atoms with Crippen molar-refractivity contribution in [2.45, 2.75) is 6.92 Å². The molecule has 0 radical (unpaired) electrons. The third kappa shape index (κ3) is 2.62. The van der Waals surface area contributed by atoms with Crippen LogP contribution in [0.25, 0.3) is 0 Å². The Kier molecular flexibility index (Phi) is 2.69. The van der Waals surface area contributed by atoms with Crippen LogP contribution in [0.4, 0.5) is 0 Å². The molecule has 0 unspecified atom stereocenters. The van der Waals surface area contributed by atoms with Gasteiger partial charge in [0.2, 0.25) is 0 Å². The predicted octanol–water partition coefficient (Wildman–Crippen LogP) is 0.124. The monoisotopic (exact) mass is 165 g/mol. The Morgan fingerprint density at radius 1 is 1.42 bits per heavy atom. The summed E-state index contributed by atoms with van der Waals surface area (Å²) in [5.74, 6) is -0.666. The molecule has 12 heavy (non-hydrogen) atoms.